The quantitative estimate of drug-likeness (QED) is 0.839. The fourth-order valence-electron chi connectivity index (χ4n) is 3.24. The molecule has 0 bridgehead atoms. The highest BCUT2D eigenvalue weighted by Gasteiger charge is 2.30. The van der Waals surface area contributed by atoms with Gasteiger partial charge in [0.05, 0.1) is 16.9 Å². The number of fused-ring (bicyclic) bond motifs is 1. The molecular formula is C19H16N2O2. The maximum atomic E-state index is 12.6. The number of aromatic hydroxyl groups is 1. The molecule has 114 valence electrons. The van der Waals surface area contributed by atoms with Crippen molar-refractivity contribution in [1.29, 1.82) is 0 Å². The first-order valence-corrected chi connectivity index (χ1v) is 7.67. The van der Waals surface area contributed by atoms with Crippen LogP contribution in [0.25, 0.3) is 0 Å². The smallest absolute Gasteiger partial charge is 0.166 e. The lowest BCUT2D eigenvalue weighted by atomic mass is 9.81. The molecule has 0 aromatic heterocycles. The molecule has 0 amide bonds. The predicted octanol–water partition coefficient (Wildman–Crippen LogP) is 3.92. The Kier molecular flexibility index (Phi) is 3.23. The summed E-state index contributed by atoms with van der Waals surface area (Å²) in [6.45, 7) is 0. The average Bonchev–Trinajstić information content (AvgIpc) is 2.74. The average molecular weight is 304 g/mol. The monoisotopic (exact) mass is 304 g/mol. The standard InChI is InChI=1S/C19H16N2O2/c22-18-8-4-1-5-13(18)12-9-17-14(19(23)10-12)11-20-15-6-2-3-7-16(15)21-17/h1-8,11-12,21-22H,9-10H2/t12-/m1/s1. The molecule has 4 heteroatoms. The lowest BCUT2D eigenvalue weighted by molar-refractivity contribution is -0.115. The Morgan fingerprint density at radius 1 is 1.04 bits per heavy atom. The number of hydrogen-bond donors (Lipinski definition) is 2. The maximum absolute atomic E-state index is 12.6. The summed E-state index contributed by atoms with van der Waals surface area (Å²) >= 11 is 0. The Morgan fingerprint density at radius 2 is 1.83 bits per heavy atom. The van der Waals surface area contributed by atoms with Crippen LogP contribution in [0.15, 0.2) is 64.8 Å². The second-order valence-corrected chi connectivity index (χ2v) is 5.88. The number of phenolic OH excluding ortho intramolecular Hbond substituents is 1. The SMILES string of the molecule is O=C1C[C@H](c2ccccc2O)CC2=C1C=Nc1ccccc1N2. The molecule has 2 aromatic rings. The van der Waals surface area contributed by atoms with Gasteiger partial charge in [0.25, 0.3) is 0 Å². The Balaban J connectivity index is 1.72. The van der Waals surface area contributed by atoms with Crippen LogP contribution in [0.4, 0.5) is 11.4 Å². The zero-order valence-electron chi connectivity index (χ0n) is 12.5. The minimum atomic E-state index is -0.0198. The molecule has 2 aliphatic rings. The largest absolute Gasteiger partial charge is 0.508 e. The van der Waals surface area contributed by atoms with Crippen molar-refractivity contribution < 1.29 is 9.90 Å². The number of nitrogens with zero attached hydrogens (tertiary/aromatic N) is 1. The summed E-state index contributed by atoms with van der Waals surface area (Å²) in [5, 5.41) is 13.4. The van der Waals surface area contributed by atoms with E-state index in [9.17, 15) is 9.90 Å². The second-order valence-electron chi connectivity index (χ2n) is 5.88. The number of anilines is 1. The van der Waals surface area contributed by atoms with E-state index >= 15 is 0 Å². The van der Waals surface area contributed by atoms with Gasteiger partial charge in [-0.1, -0.05) is 30.3 Å². The first kappa shape index (κ1) is 13.8. The number of aliphatic imine (C=N–C) groups is 1. The molecule has 23 heavy (non-hydrogen) atoms. The van der Waals surface area contributed by atoms with Crippen LogP contribution < -0.4 is 5.32 Å². The van der Waals surface area contributed by atoms with Gasteiger partial charge in [0.1, 0.15) is 5.75 Å². The number of carbonyl (C=O) groups excluding carboxylic acids is 1. The van der Waals surface area contributed by atoms with Gasteiger partial charge in [0.15, 0.2) is 5.78 Å². The zero-order chi connectivity index (χ0) is 15.8. The van der Waals surface area contributed by atoms with Crippen molar-refractivity contribution in [1.82, 2.24) is 0 Å². The summed E-state index contributed by atoms with van der Waals surface area (Å²) < 4.78 is 0. The van der Waals surface area contributed by atoms with Crippen LogP contribution in [0.5, 0.6) is 5.75 Å². The van der Waals surface area contributed by atoms with Crippen LogP contribution in [0.1, 0.15) is 24.3 Å². The molecule has 0 spiro atoms. The van der Waals surface area contributed by atoms with Gasteiger partial charge in [-0.2, -0.15) is 0 Å². The van der Waals surface area contributed by atoms with Crippen LogP contribution in [0, 0.1) is 0 Å². The number of Topliss-reactive ketones (excluding diaryl/α,β-unsaturated/α-hetero) is 1. The highest BCUT2D eigenvalue weighted by atomic mass is 16.3. The van der Waals surface area contributed by atoms with Crippen molar-refractivity contribution in [2.75, 3.05) is 5.32 Å². The highest BCUT2D eigenvalue weighted by molar-refractivity contribution is 6.16. The molecule has 1 atom stereocenters. The third-order valence-corrected chi connectivity index (χ3v) is 4.41. The summed E-state index contributed by atoms with van der Waals surface area (Å²) in [5.74, 6) is 0.286. The van der Waals surface area contributed by atoms with E-state index in [-0.39, 0.29) is 17.5 Å². The Bertz CT molecular complexity index is 852. The number of benzene rings is 2. The normalized spacial score (nSPS) is 19.7. The van der Waals surface area contributed by atoms with E-state index in [0.29, 0.717) is 18.4 Å². The minimum Gasteiger partial charge on any atom is -0.508 e. The lowest BCUT2D eigenvalue weighted by Gasteiger charge is -2.26. The van der Waals surface area contributed by atoms with Crippen LogP contribution in [-0.2, 0) is 4.79 Å². The van der Waals surface area contributed by atoms with Crippen molar-refractivity contribution >= 4 is 23.4 Å². The number of rotatable bonds is 1. The van der Waals surface area contributed by atoms with E-state index in [1.54, 1.807) is 18.3 Å². The number of carbonyl (C=O) groups is 1. The van der Waals surface area contributed by atoms with E-state index in [4.69, 9.17) is 0 Å². The highest BCUT2D eigenvalue weighted by Crippen LogP contribution is 2.40. The second kappa shape index (κ2) is 5.39. The number of ketones is 1. The summed E-state index contributed by atoms with van der Waals surface area (Å²) in [7, 11) is 0. The van der Waals surface area contributed by atoms with Crippen molar-refractivity contribution in [3.8, 4) is 5.75 Å². The predicted molar refractivity (Wildman–Crippen MR) is 90.3 cm³/mol. The number of para-hydroxylation sites is 3. The third-order valence-electron chi connectivity index (χ3n) is 4.41. The van der Waals surface area contributed by atoms with E-state index in [2.05, 4.69) is 10.3 Å². The van der Waals surface area contributed by atoms with Gasteiger partial charge in [0.2, 0.25) is 0 Å². The van der Waals surface area contributed by atoms with Gasteiger partial charge < -0.3 is 10.4 Å². The van der Waals surface area contributed by atoms with E-state index in [1.165, 1.54) is 0 Å². The number of nitrogens with one attached hydrogen (secondary N) is 1. The molecule has 0 unspecified atom stereocenters. The molecule has 1 heterocycles. The number of allylic oxidation sites excluding steroid dienone is 2. The minimum absolute atomic E-state index is 0.0198. The topological polar surface area (TPSA) is 61.7 Å². The van der Waals surface area contributed by atoms with Crippen LogP contribution in [0.2, 0.25) is 0 Å². The van der Waals surface area contributed by atoms with Gasteiger partial charge in [-0.25, -0.2) is 0 Å². The molecule has 0 radical (unpaired) electrons. The van der Waals surface area contributed by atoms with Gasteiger partial charge in [-0.05, 0) is 30.2 Å². The van der Waals surface area contributed by atoms with Gasteiger partial charge in [-0.15, -0.1) is 0 Å². The van der Waals surface area contributed by atoms with Crippen molar-refractivity contribution in [2.24, 2.45) is 4.99 Å². The first-order valence-electron chi connectivity index (χ1n) is 7.67. The van der Waals surface area contributed by atoms with Crippen LogP contribution in [-0.4, -0.2) is 17.1 Å². The number of phenols is 1. The Labute approximate surface area is 134 Å². The molecule has 2 aromatic carbocycles. The maximum Gasteiger partial charge on any atom is 0.166 e. The summed E-state index contributed by atoms with van der Waals surface area (Å²) in [4.78, 5) is 17.0. The molecule has 1 aliphatic carbocycles. The summed E-state index contributed by atoms with van der Waals surface area (Å²) in [6.07, 6.45) is 2.73. The first-order chi connectivity index (χ1) is 11.2. The molecule has 1 aliphatic heterocycles. The lowest BCUT2D eigenvalue weighted by Crippen LogP contribution is -2.22. The van der Waals surface area contributed by atoms with Crippen molar-refractivity contribution in [3.05, 3.63) is 65.4 Å². The van der Waals surface area contributed by atoms with Gasteiger partial charge >= 0.3 is 0 Å². The van der Waals surface area contributed by atoms with Crippen molar-refractivity contribution in [2.45, 2.75) is 18.8 Å². The van der Waals surface area contributed by atoms with Crippen LogP contribution in [0.3, 0.4) is 0 Å². The molecule has 0 fully saturated rings. The fraction of sp³-hybridized carbons (Fsp3) is 0.158. The molecule has 4 rings (SSSR count). The van der Waals surface area contributed by atoms with E-state index in [0.717, 1.165) is 22.6 Å². The van der Waals surface area contributed by atoms with E-state index < -0.39 is 0 Å². The molecule has 4 nitrogen and oxygen atoms in total. The van der Waals surface area contributed by atoms with Crippen LogP contribution >= 0.6 is 0 Å². The Morgan fingerprint density at radius 3 is 2.70 bits per heavy atom. The van der Waals surface area contributed by atoms with E-state index in [1.807, 2.05) is 36.4 Å². The molecule has 0 saturated carbocycles. The fourth-order valence-corrected chi connectivity index (χ4v) is 3.24. The molecule has 0 saturated heterocycles. The third kappa shape index (κ3) is 2.42. The molecular weight excluding hydrogens is 288 g/mol. The number of hydrogen-bond acceptors (Lipinski definition) is 4. The summed E-state index contributed by atoms with van der Waals surface area (Å²) in [6, 6.07) is 15.0. The van der Waals surface area contributed by atoms with Gasteiger partial charge in [0, 0.05) is 24.3 Å². The molecule has 2 N–H and O–H groups in total. The van der Waals surface area contributed by atoms with Gasteiger partial charge in [-0.3, -0.25) is 9.79 Å². The summed E-state index contributed by atoms with van der Waals surface area (Å²) in [5.41, 5.74) is 4.08. The van der Waals surface area contributed by atoms with Crippen molar-refractivity contribution in [3.63, 3.8) is 0 Å². The zero-order valence-corrected chi connectivity index (χ0v) is 12.5. The Hall–Kier alpha value is -2.88.